The molecule has 5 nitrogen and oxygen atoms in total. The van der Waals surface area contributed by atoms with E-state index in [2.05, 4.69) is 45.6 Å². The fourth-order valence-corrected chi connectivity index (χ4v) is 3.94. The highest BCUT2D eigenvalue weighted by Crippen LogP contribution is 2.24. The normalized spacial score (nSPS) is 16.5. The van der Waals surface area contributed by atoms with Crippen LogP contribution in [-0.4, -0.2) is 37.5 Å². The van der Waals surface area contributed by atoms with E-state index in [1.165, 1.54) is 22.6 Å². The minimum atomic E-state index is 0. The minimum absolute atomic E-state index is 0. The van der Waals surface area contributed by atoms with Gasteiger partial charge in [0.25, 0.3) is 0 Å². The van der Waals surface area contributed by atoms with E-state index in [9.17, 15) is 0 Å². The van der Waals surface area contributed by atoms with Gasteiger partial charge in [0.2, 0.25) is 0 Å². The van der Waals surface area contributed by atoms with Crippen LogP contribution < -0.4 is 10.6 Å². The molecule has 0 amide bonds. The number of nitrogens with zero attached hydrogens (tertiary/aromatic N) is 2. The van der Waals surface area contributed by atoms with E-state index in [1.807, 2.05) is 24.5 Å². The molecule has 1 atom stereocenters. The van der Waals surface area contributed by atoms with Gasteiger partial charge in [-0.15, -0.1) is 35.3 Å². The largest absolute Gasteiger partial charge is 0.468 e. The maximum atomic E-state index is 5.67. The average Bonchev–Trinajstić information content (AvgIpc) is 3.33. The number of thiophene rings is 1. The maximum Gasteiger partial charge on any atom is 0.191 e. The van der Waals surface area contributed by atoms with E-state index in [0.29, 0.717) is 0 Å². The molecule has 0 bridgehead atoms. The molecule has 25 heavy (non-hydrogen) atoms. The van der Waals surface area contributed by atoms with Gasteiger partial charge in [-0.25, -0.2) is 0 Å². The highest BCUT2D eigenvalue weighted by molar-refractivity contribution is 14.0. The van der Waals surface area contributed by atoms with Crippen molar-refractivity contribution in [2.24, 2.45) is 4.99 Å². The van der Waals surface area contributed by atoms with Gasteiger partial charge >= 0.3 is 0 Å². The quantitative estimate of drug-likeness (QED) is 0.380. The number of aliphatic imine (C=N–C) groups is 1. The Balaban J connectivity index is 0.00000225. The summed E-state index contributed by atoms with van der Waals surface area (Å²) in [4.78, 5) is 9.48. The molecule has 1 saturated heterocycles. The second-order valence-electron chi connectivity index (χ2n) is 6.09. The number of hydrogen-bond acceptors (Lipinski definition) is 4. The van der Waals surface area contributed by atoms with Gasteiger partial charge in [-0.3, -0.25) is 9.89 Å². The third-order valence-electron chi connectivity index (χ3n) is 4.37. The second kappa shape index (κ2) is 10.2. The van der Waals surface area contributed by atoms with Gasteiger partial charge in [-0.1, -0.05) is 0 Å². The first-order chi connectivity index (χ1) is 11.8. The lowest BCUT2D eigenvalue weighted by Gasteiger charge is -2.26. The number of furan rings is 1. The van der Waals surface area contributed by atoms with Crippen LogP contribution in [0.4, 0.5) is 0 Å². The average molecular weight is 474 g/mol. The third kappa shape index (κ3) is 5.72. The van der Waals surface area contributed by atoms with Crippen molar-refractivity contribution in [3.05, 3.63) is 46.0 Å². The molecule has 7 heteroatoms. The number of likely N-dealkylation sites (tertiary alicyclic amines) is 1. The van der Waals surface area contributed by atoms with Crippen LogP contribution in [0.25, 0.3) is 0 Å². The van der Waals surface area contributed by atoms with E-state index >= 15 is 0 Å². The Morgan fingerprint density at radius 2 is 2.08 bits per heavy atom. The summed E-state index contributed by atoms with van der Waals surface area (Å²) in [7, 11) is 1.81. The topological polar surface area (TPSA) is 52.8 Å². The van der Waals surface area contributed by atoms with Gasteiger partial charge in [-0.05, 0) is 57.1 Å². The Labute approximate surface area is 170 Å². The first kappa shape index (κ1) is 20.3. The Bertz CT molecular complexity index is 650. The molecule has 2 aromatic heterocycles. The molecule has 3 heterocycles. The van der Waals surface area contributed by atoms with Crippen molar-refractivity contribution in [2.75, 3.05) is 26.7 Å². The molecule has 1 unspecified atom stereocenters. The first-order valence-corrected chi connectivity index (χ1v) is 9.35. The number of nitrogens with one attached hydrogen (secondary N) is 2. The molecular formula is C18H27IN4OS. The Morgan fingerprint density at radius 1 is 1.28 bits per heavy atom. The molecule has 2 N–H and O–H groups in total. The van der Waals surface area contributed by atoms with E-state index in [4.69, 9.17) is 4.42 Å². The summed E-state index contributed by atoms with van der Waals surface area (Å²) < 4.78 is 5.67. The number of halogens is 1. The van der Waals surface area contributed by atoms with Crippen LogP contribution in [0.1, 0.15) is 34.4 Å². The highest BCUT2D eigenvalue weighted by Gasteiger charge is 2.25. The zero-order chi connectivity index (χ0) is 16.8. The van der Waals surface area contributed by atoms with Crippen LogP contribution in [0.15, 0.2) is 39.9 Å². The monoisotopic (exact) mass is 474 g/mol. The van der Waals surface area contributed by atoms with Crippen molar-refractivity contribution < 1.29 is 4.42 Å². The fourth-order valence-electron chi connectivity index (χ4n) is 3.11. The molecule has 0 spiro atoms. The third-order valence-corrected chi connectivity index (χ3v) is 5.37. The van der Waals surface area contributed by atoms with Gasteiger partial charge < -0.3 is 15.1 Å². The SMILES string of the molecule is CN=C(NCc1ccc(C)s1)NCC(c1ccco1)N1CCCC1.I. The molecule has 2 aromatic rings. The Kier molecular flexibility index (Phi) is 8.25. The summed E-state index contributed by atoms with van der Waals surface area (Å²) in [5.74, 6) is 1.85. The number of aryl methyl sites for hydroxylation is 1. The van der Waals surface area contributed by atoms with Crippen LogP contribution in [0.5, 0.6) is 0 Å². The van der Waals surface area contributed by atoms with Gasteiger partial charge in [0.15, 0.2) is 5.96 Å². The van der Waals surface area contributed by atoms with Crippen LogP contribution in [0, 0.1) is 6.92 Å². The zero-order valence-electron chi connectivity index (χ0n) is 14.8. The summed E-state index contributed by atoms with van der Waals surface area (Å²) in [5.41, 5.74) is 0. The molecule has 0 aromatic carbocycles. The van der Waals surface area contributed by atoms with Gasteiger partial charge in [-0.2, -0.15) is 0 Å². The lowest BCUT2D eigenvalue weighted by atomic mass is 10.2. The predicted octanol–water partition coefficient (Wildman–Crippen LogP) is 3.77. The van der Waals surface area contributed by atoms with Crippen molar-refractivity contribution in [1.82, 2.24) is 15.5 Å². The minimum Gasteiger partial charge on any atom is -0.468 e. The number of rotatable bonds is 6. The Hall–Kier alpha value is -1.06. The predicted molar refractivity (Wildman–Crippen MR) is 115 cm³/mol. The molecular weight excluding hydrogens is 447 g/mol. The molecule has 1 fully saturated rings. The van der Waals surface area contributed by atoms with Crippen molar-refractivity contribution in [2.45, 2.75) is 32.4 Å². The van der Waals surface area contributed by atoms with Crippen LogP contribution >= 0.6 is 35.3 Å². The van der Waals surface area contributed by atoms with Gasteiger partial charge in [0.05, 0.1) is 18.8 Å². The lowest BCUT2D eigenvalue weighted by molar-refractivity contribution is 0.215. The van der Waals surface area contributed by atoms with Crippen LogP contribution in [0.3, 0.4) is 0 Å². The number of guanidine groups is 1. The summed E-state index contributed by atoms with van der Waals surface area (Å²) >= 11 is 1.81. The smallest absolute Gasteiger partial charge is 0.191 e. The van der Waals surface area contributed by atoms with Crippen LogP contribution in [-0.2, 0) is 6.54 Å². The van der Waals surface area contributed by atoms with Gasteiger partial charge in [0.1, 0.15) is 5.76 Å². The van der Waals surface area contributed by atoms with E-state index in [0.717, 1.165) is 37.9 Å². The summed E-state index contributed by atoms with van der Waals surface area (Å²) in [6, 6.07) is 8.60. The Morgan fingerprint density at radius 3 is 2.68 bits per heavy atom. The van der Waals surface area contributed by atoms with E-state index in [1.54, 1.807) is 6.26 Å². The molecule has 3 rings (SSSR count). The zero-order valence-corrected chi connectivity index (χ0v) is 18.0. The highest BCUT2D eigenvalue weighted by atomic mass is 127. The van der Waals surface area contributed by atoms with Crippen molar-refractivity contribution in [3.63, 3.8) is 0 Å². The van der Waals surface area contributed by atoms with Gasteiger partial charge in [0, 0.05) is 23.3 Å². The molecule has 0 saturated carbocycles. The van der Waals surface area contributed by atoms with Crippen molar-refractivity contribution in [1.29, 1.82) is 0 Å². The summed E-state index contributed by atoms with van der Waals surface area (Å²) in [5, 5.41) is 6.84. The standard InChI is InChI=1S/C18H26N4OS.HI/c1-14-7-8-15(24-14)12-20-18(19-2)21-13-16(17-6-5-11-23-17)22-9-3-4-10-22;/h5-8,11,16H,3-4,9-10,12-13H2,1-2H3,(H2,19,20,21);1H. The maximum absolute atomic E-state index is 5.67. The lowest BCUT2D eigenvalue weighted by Crippen LogP contribution is -2.42. The first-order valence-electron chi connectivity index (χ1n) is 8.53. The second-order valence-corrected chi connectivity index (χ2v) is 7.47. The molecule has 0 aliphatic carbocycles. The summed E-state index contributed by atoms with van der Waals surface area (Å²) in [6.45, 7) is 5.98. The van der Waals surface area contributed by atoms with E-state index in [-0.39, 0.29) is 30.0 Å². The fraction of sp³-hybridized carbons (Fsp3) is 0.500. The summed E-state index contributed by atoms with van der Waals surface area (Å²) in [6.07, 6.45) is 4.29. The molecule has 138 valence electrons. The van der Waals surface area contributed by atoms with Crippen molar-refractivity contribution >= 4 is 41.3 Å². The molecule has 1 aliphatic rings. The molecule has 1 aliphatic heterocycles. The van der Waals surface area contributed by atoms with Crippen LogP contribution in [0.2, 0.25) is 0 Å². The van der Waals surface area contributed by atoms with E-state index < -0.39 is 0 Å². The van der Waals surface area contributed by atoms with Crippen molar-refractivity contribution in [3.8, 4) is 0 Å². The number of hydrogen-bond donors (Lipinski definition) is 2. The molecule has 0 radical (unpaired) electrons.